The monoisotopic (exact) mass is 394 g/mol. The van der Waals surface area contributed by atoms with Crippen molar-refractivity contribution in [2.75, 3.05) is 25.1 Å². The number of likely N-dealkylation sites (N-methyl/N-ethyl adjacent to an activating group) is 1. The molecule has 0 radical (unpaired) electrons. The maximum absolute atomic E-state index is 9.36. The molecule has 2 heterocycles. The molecule has 0 saturated heterocycles. The van der Waals surface area contributed by atoms with Gasteiger partial charge in [0, 0.05) is 25.4 Å². The largest absolute Gasteiger partial charge is 0.487 e. The number of nitriles is 1. The maximum atomic E-state index is 9.36. The van der Waals surface area contributed by atoms with E-state index in [0.29, 0.717) is 29.4 Å². The summed E-state index contributed by atoms with van der Waals surface area (Å²) in [6, 6.07) is 6.05. The molecule has 0 bridgehead atoms. The summed E-state index contributed by atoms with van der Waals surface area (Å²) in [5.41, 5.74) is 3.66. The quantitative estimate of drug-likeness (QED) is 0.661. The van der Waals surface area contributed by atoms with Crippen molar-refractivity contribution in [2.24, 2.45) is 0 Å². The average Bonchev–Trinajstić information content (AvgIpc) is 3.07. The molecule has 0 saturated carbocycles. The molecule has 0 aliphatic carbocycles. The zero-order chi connectivity index (χ0) is 21.2. The number of aryl methyl sites for hydroxylation is 1. The predicted octanol–water partition coefficient (Wildman–Crippen LogP) is 2.84. The van der Waals surface area contributed by atoms with Gasteiger partial charge in [0.05, 0.1) is 23.6 Å². The van der Waals surface area contributed by atoms with Gasteiger partial charge in [-0.05, 0) is 30.0 Å². The third-order valence-electron chi connectivity index (χ3n) is 4.78. The molecule has 0 amide bonds. The molecule has 3 rings (SSSR count). The number of fused-ring (bicyclic) bond motifs is 1. The van der Waals surface area contributed by atoms with Crippen molar-refractivity contribution in [3.63, 3.8) is 0 Å². The van der Waals surface area contributed by atoms with Crippen LogP contribution in [0.2, 0.25) is 0 Å². The lowest BCUT2D eigenvalue weighted by molar-refractivity contribution is 0.294. The van der Waals surface area contributed by atoms with Crippen LogP contribution in [0, 0.1) is 18.3 Å². The summed E-state index contributed by atoms with van der Waals surface area (Å²) in [4.78, 5) is 10.6. The Bertz CT molecular complexity index is 1060. The Kier molecular flexibility index (Phi) is 5.71. The molecule has 1 aromatic carbocycles. The number of anilines is 1. The van der Waals surface area contributed by atoms with E-state index in [9.17, 15) is 5.26 Å². The molecule has 0 aliphatic rings. The molecule has 8 heteroatoms. The number of H-pyrrole nitrogens is 1. The van der Waals surface area contributed by atoms with Crippen molar-refractivity contribution in [3.8, 4) is 11.8 Å². The van der Waals surface area contributed by atoms with Gasteiger partial charge < -0.3 is 14.7 Å². The first-order valence-electron chi connectivity index (χ1n) is 9.44. The number of hydrogen-bond donors (Lipinski definition) is 2. The van der Waals surface area contributed by atoms with Crippen molar-refractivity contribution >= 4 is 17.0 Å². The van der Waals surface area contributed by atoms with Crippen LogP contribution in [-0.2, 0) is 12.0 Å². The summed E-state index contributed by atoms with van der Waals surface area (Å²) in [6.07, 6.45) is 1.71. The minimum atomic E-state index is -0.169. The first-order valence-corrected chi connectivity index (χ1v) is 9.44. The van der Waals surface area contributed by atoms with Gasteiger partial charge in [0.25, 0.3) is 0 Å². The third-order valence-corrected chi connectivity index (χ3v) is 4.78. The van der Waals surface area contributed by atoms with Crippen molar-refractivity contribution in [1.29, 1.82) is 5.26 Å². The number of hydrogen-bond acceptors (Lipinski definition) is 7. The number of benzene rings is 1. The summed E-state index contributed by atoms with van der Waals surface area (Å²) < 4.78 is 6.12. The lowest BCUT2D eigenvalue weighted by Gasteiger charge is -2.23. The van der Waals surface area contributed by atoms with E-state index in [-0.39, 0.29) is 18.6 Å². The van der Waals surface area contributed by atoms with Crippen LogP contribution < -0.4 is 9.64 Å². The number of aromatic nitrogens is 4. The summed E-state index contributed by atoms with van der Waals surface area (Å²) in [5, 5.41) is 26.5. The van der Waals surface area contributed by atoms with Crippen LogP contribution in [0.25, 0.3) is 11.0 Å². The van der Waals surface area contributed by atoms with Crippen molar-refractivity contribution in [2.45, 2.75) is 39.7 Å². The van der Waals surface area contributed by atoms with Crippen LogP contribution in [0.5, 0.6) is 5.75 Å². The molecule has 2 aromatic heterocycles. The van der Waals surface area contributed by atoms with Gasteiger partial charge in [-0.1, -0.05) is 20.8 Å². The molecule has 0 unspecified atom stereocenters. The van der Waals surface area contributed by atoms with Gasteiger partial charge in [-0.15, -0.1) is 0 Å². The molecular weight excluding hydrogens is 368 g/mol. The minimum Gasteiger partial charge on any atom is -0.487 e. The second kappa shape index (κ2) is 8.05. The molecular formula is C21H26N6O2. The van der Waals surface area contributed by atoms with E-state index in [1.54, 1.807) is 11.1 Å². The normalized spacial score (nSPS) is 11.5. The molecule has 3 aromatic rings. The van der Waals surface area contributed by atoms with Gasteiger partial charge in [-0.2, -0.15) is 15.3 Å². The van der Waals surface area contributed by atoms with Gasteiger partial charge >= 0.3 is 0 Å². The zero-order valence-electron chi connectivity index (χ0n) is 17.4. The van der Waals surface area contributed by atoms with Crippen molar-refractivity contribution in [1.82, 2.24) is 20.2 Å². The Balaban J connectivity index is 1.88. The summed E-state index contributed by atoms with van der Waals surface area (Å²) >= 11 is 0. The Hall–Kier alpha value is -3.18. The van der Waals surface area contributed by atoms with Crippen LogP contribution in [0.15, 0.2) is 18.3 Å². The van der Waals surface area contributed by atoms with E-state index in [4.69, 9.17) is 9.84 Å². The highest BCUT2D eigenvalue weighted by Gasteiger charge is 2.21. The first kappa shape index (κ1) is 20.6. The van der Waals surface area contributed by atoms with E-state index in [2.05, 4.69) is 47.0 Å². The summed E-state index contributed by atoms with van der Waals surface area (Å²) in [5.74, 6) is 1.26. The first-order chi connectivity index (χ1) is 13.7. The second-order valence-corrected chi connectivity index (χ2v) is 8.06. The average molecular weight is 394 g/mol. The fourth-order valence-corrected chi connectivity index (χ4v) is 3.05. The van der Waals surface area contributed by atoms with E-state index < -0.39 is 0 Å². The molecule has 29 heavy (non-hydrogen) atoms. The molecule has 0 spiro atoms. The molecule has 0 fully saturated rings. The zero-order valence-corrected chi connectivity index (χ0v) is 17.4. The van der Waals surface area contributed by atoms with Gasteiger partial charge in [-0.25, -0.2) is 4.98 Å². The lowest BCUT2D eigenvalue weighted by Crippen LogP contribution is -2.23. The van der Waals surface area contributed by atoms with Crippen LogP contribution in [0.1, 0.15) is 43.2 Å². The number of nitrogens with zero attached hydrogens (tertiary/aromatic N) is 5. The highest BCUT2D eigenvalue weighted by molar-refractivity contribution is 5.77. The van der Waals surface area contributed by atoms with Crippen molar-refractivity contribution in [3.05, 3.63) is 40.7 Å². The number of aliphatic hydroxyl groups is 1. The SMILES string of the molecule is Cc1cc(OCc2n[nH]c3nc(N(C)CCO)ncc23)c(C(C)(C)C)cc1C#N. The number of aromatic amines is 1. The summed E-state index contributed by atoms with van der Waals surface area (Å²) in [7, 11) is 1.82. The smallest absolute Gasteiger partial charge is 0.227 e. The van der Waals surface area contributed by atoms with E-state index >= 15 is 0 Å². The maximum Gasteiger partial charge on any atom is 0.227 e. The topological polar surface area (TPSA) is 111 Å². The van der Waals surface area contributed by atoms with Gasteiger partial charge in [0.2, 0.25) is 5.95 Å². The lowest BCUT2D eigenvalue weighted by atomic mass is 9.84. The van der Waals surface area contributed by atoms with E-state index in [0.717, 1.165) is 22.3 Å². The van der Waals surface area contributed by atoms with Crippen LogP contribution in [0.3, 0.4) is 0 Å². The fourth-order valence-electron chi connectivity index (χ4n) is 3.05. The Morgan fingerprint density at radius 1 is 1.31 bits per heavy atom. The predicted molar refractivity (Wildman–Crippen MR) is 111 cm³/mol. The molecule has 8 nitrogen and oxygen atoms in total. The fraction of sp³-hybridized carbons (Fsp3) is 0.429. The third kappa shape index (κ3) is 4.30. The molecule has 152 valence electrons. The number of nitrogens with one attached hydrogen (secondary N) is 1. The van der Waals surface area contributed by atoms with Gasteiger partial charge in [-0.3, -0.25) is 5.10 Å². The highest BCUT2D eigenvalue weighted by atomic mass is 16.5. The second-order valence-electron chi connectivity index (χ2n) is 8.06. The molecule has 0 atom stereocenters. The van der Waals surface area contributed by atoms with Crippen molar-refractivity contribution < 1.29 is 9.84 Å². The number of rotatable bonds is 6. The van der Waals surface area contributed by atoms with E-state index in [1.165, 1.54) is 0 Å². The van der Waals surface area contributed by atoms with Crippen LogP contribution in [0.4, 0.5) is 5.95 Å². The number of ether oxygens (including phenoxy) is 1. The molecule has 0 aliphatic heterocycles. The number of aliphatic hydroxyl groups excluding tert-OH is 1. The van der Waals surface area contributed by atoms with Gasteiger partial charge in [0.15, 0.2) is 5.65 Å². The highest BCUT2D eigenvalue weighted by Crippen LogP contribution is 2.34. The van der Waals surface area contributed by atoms with Crippen LogP contribution >= 0.6 is 0 Å². The summed E-state index contributed by atoms with van der Waals surface area (Å²) in [6.45, 7) is 8.91. The Morgan fingerprint density at radius 2 is 2.07 bits per heavy atom. The van der Waals surface area contributed by atoms with Gasteiger partial charge in [0.1, 0.15) is 18.1 Å². The van der Waals surface area contributed by atoms with E-state index in [1.807, 2.05) is 26.1 Å². The Morgan fingerprint density at radius 3 is 2.72 bits per heavy atom. The standard InChI is InChI=1S/C21H26N6O2/c1-13-8-18(16(21(2,3)4)9-14(13)10-22)29-12-17-15-11-23-20(27(5)6-7-28)24-19(15)26-25-17/h8-9,11,28H,6-7,12H2,1-5H3,(H,23,24,25,26). The molecule has 2 N–H and O–H groups in total. The Labute approximate surface area is 170 Å². The van der Waals surface area contributed by atoms with Crippen LogP contribution in [-0.4, -0.2) is 45.5 Å². The minimum absolute atomic E-state index is 0.0279.